The van der Waals surface area contributed by atoms with Gasteiger partial charge in [-0.25, -0.2) is 0 Å². The highest BCUT2D eigenvalue weighted by atomic mass is 16.5. The summed E-state index contributed by atoms with van der Waals surface area (Å²) in [5, 5.41) is 0. The number of benzene rings is 1. The summed E-state index contributed by atoms with van der Waals surface area (Å²) in [6, 6.07) is 5.05. The Balaban J connectivity index is 3.28. The number of Topliss-reactive ketones (excluding diaryl/α,β-unsaturated/α-hetero) is 2. The molecule has 1 aromatic carbocycles. The third-order valence-corrected chi connectivity index (χ3v) is 2.56. The molecular weight excluding hydrogens is 220 g/mol. The normalized spacial score (nSPS) is 10.2. The summed E-state index contributed by atoms with van der Waals surface area (Å²) < 4.78 is 10.2. The van der Waals surface area contributed by atoms with E-state index in [0.717, 1.165) is 0 Å². The van der Waals surface area contributed by atoms with Crippen molar-refractivity contribution in [2.75, 3.05) is 14.2 Å². The minimum atomic E-state index is -0.768. The molecule has 0 heterocycles. The molecule has 92 valence electrons. The molecule has 0 fully saturated rings. The summed E-state index contributed by atoms with van der Waals surface area (Å²) in [7, 11) is 3.04. The van der Waals surface area contributed by atoms with E-state index in [-0.39, 0.29) is 11.6 Å². The fourth-order valence-electron chi connectivity index (χ4n) is 1.78. The van der Waals surface area contributed by atoms with Crippen LogP contribution < -0.4 is 9.47 Å². The molecule has 0 aliphatic rings. The molecule has 0 spiro atoms. The predicted octanol–water partition coefficient (Wildman–Crippen LogP) is 1.97. The average Bonchev–Trinajstić information content (AvgIpc) is 2.28. The molecule has 1 aromatic rings. The minimum Gasteiger partial charge on any atom is -0.497 e. The quantitative estimate of drug-likeness (QED) is 0.733. The maximum atomic E-state index is 11.5. The third kappa shape index (κ3) is 2.84. The van der Waals surface area contributed by atoms with Gasteiger partial charge in [-0.05, 0) is 19.9 Å². The number of ketones is 2. The number of hydrogen-bond acceptors (Lipinski definition) is 4. The lowest BCUT2D eigenvalue weighted by Gasteiger charge is -2.15. The van der Waals surface area contributed by atoms with Crippen LogP contribution in [0.3, 0.4) is 0 Å². The molecule has 0 bridgehead atoms. The van der Waals surface area contributed by atoms with Crippen LogP contribution in [0.15, 0.2) is 18.2 Å². The second-order valence-corrected chi connectivity index (χ2v) is 3.76. The van der Waals surface area contributed by atoms with Gasteiger partial charge in [0.25, 0.3) is 0 Å². The maximum Gasteiger partial charge on any atom is 0.144 e. The van der Waals surface area contributed by atoms with Crippen LogP contribution in [-0.4, -0.2) is 25.8 Å². The zero-order chi connectivity index (χ0) is 13.0. The van der Waals surface area contributed by atoms with E-state index in [2.05, 4.69) is 0 Å². The SMILES string of the molecule is COc1ccc(C(C(C)=O)C(C)=O)c(OC)c1. The number of ether oxygens (including phenoxy) is 2. The van der Waals surface area contributed by atoms with Crippen molar-refractivity contribution < 1.29 is 19.1 Å². The molecule has 17 heavy (non-hydrogen) atoms. The zero-order valence-electron chi connectivity index (χ0n) is 10.4. The molecule has 0 N–H and O–H groups in total. The van der Waals surface area contributed by atoms with Gasteiger partial charge in [0.1, 0.15) is 29.0 Å². The number of carbonyl (C=O) groups is 2. The van der Waals surface area contributed by atoms with Crippen LogP contribution in [0.5, 0.6) is 11.5 Å². The van der Waals surface area contributed by atoms with E-state index in [4.69, 9.17) is 9.47 Å². The van der Waals surface area contributed by atoms with Crippen molar-refractivity contribution in [2.45, 2.75) is 19.8 Å². The molecular formula is C13H16O4. The van der Waals surface area contributed by atoms with Crippen LogP contribution in [0, 0.1) is 0 Å². The van der Waals surface area contributed by atoms with Gasteiger partial charge < -0.3 is 9.47 Å². The molecule has 0 aliphatic carbocycles. The first-order valence-corrected chi connectivity index (χ1v) is 5.24. The molecule has 4 nitrogen and oxygen atoms in total. The van der Waals surface area contributed by atoms with Crippen molar-refractivity contribution in [3.8, 4) is 11.5 Å². The number of methoxy groups -OCH3 is 2. The molecule has 0 atom stereocenters. The Bertz CT molecular complexity index is 423. The summed E-state index contributed by atoms with van der Waals surface area (Å²) in [4.78, 5) is 23.0. The molecule has 0 radical (unpaired) electrons. The molecule has 0 aliphatic heterocycles. The van der Waals surface area contributed by atoms with Gasteiger partial charge in [0.15, 0.2) is 0 Å². The Morgan fingerprint density at radius 2 is 1.65 bits per heavy atom. The van der Waals surface area contributed by atoms with Crippen molar-refractivity contribution in [3.05, 3.63) is 23.8 Å². The zero-order valence-corrected chi connectivity index (χ0v) is 10.4. The van der Waals surface area contributed by atoms with Crippen molar-refractivity contribution in [3.63, 3.8) is 0 Å². The van der Waals surface area contributed by atoms with Crippen LogP contribution in [0.4, 0.5) is 0 Å². The van der Waals surface area contributed by atoms with E-state index in [1.807, 2.05) is 0 Å². The van der Waals surface area contributed by atoms with Crippen LogP contribution in [0.25, 0.3) is 0 Å². The second-order valence-electron chi connectivity index (χ2n) is 3.76. The highest BCUT2D eigenvalue weighted by Crippen LogP contribution is 2.31. The largest absolute Gasteiger partial charge is 0.497 e. The van der Waals surface area contributed by atoms with E-state index in [1.165, 1.54) is 21.0 Å². The summed E-state index contributed by atoms with van der Waals surface area (Å²) in [5.74, 6) is -0.0472. The molecule has 1 rings (SSSR count). The van der Waals surface area contributed by atoms with Gasteiger partial charge in [0.05, 0.1) is 14.2 Å². The van der Waals surface area contributed by atoms with Crippen molar-refractivity contribution in [2.24, 2.45) is 0 Å². The molecule has 0 amide bonds. The molecule has 0 saturated carbocycles. The van der Waals surface area contributed by atoms with Crippen molar-refractivity contribution >= 4 is 11.6 Å². The van der Waals surface area contributed by atoms with Gasteiger partial charge in [0.2, 0.25) is 0 Å². The van der Waals surface area contributed by atoms with Gasteiger partial charge in [-0.1, -0.05) is 6.07 Å². The summed E-state index contributed by atoms with van der Waals surface area (Å²) in [6.45, 7) is 2.80. The first-order valence-electron chi connectivity index (χ1n) is 5.24. The summed E-state index contributed by atoms with van der Waals surface area (Å²) in [6.07, 6.45) is 0. The first-order chi connectivity index (χ1) is 8.01. The Morgan fingerprint density at radius 1 is 1.06 bits per heavy atom. The van der Waals surface area contributed by atoms with Crippen LogP contribution in [-0.2, 0) is 9.59 Å². The number of carbonyl (C=O) groups excluding carboxylic acids is 2. The lowest BCUT2D eigenvalue weighted by Crippen LogP contribution is -2.17. The van der Waals surface area contributed by atoms with E-state index in [0.29, 0.717) is 17.1 Å². The van der Waals surface area contributed by atoms with Gasteiger partial charge >= 0.3 is 0 Å². The maximum absolute atomic E-state index is 11.5. The topological polar surface area (TPSA) is 52.6 Å². The van der Waals surface area contributed by atoms with Crippen LogP contribution in [0.2, 0.25) is 0 Å². The molecule has 4 heteroatoms. The number of hydrogen-bond donors (Lipinski definition) is 0. The van der Waals surface area contributed by atoms with E-state index < -0.39 is 5.92 Å². The molecule has 0 unspecified atom stereocenters. The summed E-state index contributed by atoms with van der Waals surface area (Å²) >= 11 is 0. The van der Waals surface area contributed by atoms with Gasteiger partial charge in [0, 0.05) is 11.6 Å². The molecule has 0 saturated heterocycles. The Kier molecular flexibility index (Phi) is 4.26. The average molecular weight is 236 g/mol. The van der Waals surface area contributed by atoms with Crippen molar-refractivity contribution in [1.82, 2.24) is 0 Å². The summed E-state index contributed by atoms with van der Waals surface area (Å²) in [5.41, 5.74) is 0.577. The van der Waals surface area contributed by atoms with E-state index >= 15 is 0 Å². The second kappa shape index (κ2) is 5.48. The van der Waals surface area contributed by atoms with E-state index in [9.17, 15) is 9.59 Å². The fraction of sp³-hybridized carbons (Fsp3) is 0.385. The fourth-order valence-corrected chi connectivity index (χ4v) is 1.78. The van der Waals surface area contributed by atoms with Crippen LogP contribution >= 0.6 is 0 Å². The smallest absolute Gasteiger partial charge is 0.144 e. The molecule has 0 aromatic heterocycles. The third-order valence-electron chi connectivity index (χ3n) is 2.56. The van der Waals surface area contributed by atoms with Crippen LogP contribution in [0.1, 0.15) is 25.3 Å². The Morgan fingerprint density at radius 3 is 2.06 bits per heavy atom. The standard InChI is InChI=1S/C13H16O4/c1-8(14)13(9(2)15)11-6-5-10(16-3)7-12(11)17-4/h5-7,13H,1-4H3. The highest BCUT2D eigenvalue weighted by molar-refractivity contribution is 6.06. The lowest BCUT2D eigenvalue weighted by atomic mass is 9.91. The van der Waals surface area contributed by atoms with Crippen molar-refractivity contribution in [1.29, 1.82) is 0 Å². The van der Waals surface area contributed by atoms with Gasteiger partial charge in [-0.3, -0.25) is 9.59 Å². The highest BCUT2D eigenvalue weighted by Gasteiger charge is 2.25. The first kappa shape index (κ1) is 13.2. The lowest BCUT2D eigenvalue weighted by molar-refractivity contribution is -0.126. The van der Waals surface area contributed by atoms with Gasteiger partial charge in [-0.2, -0.15) is 0 Å². The predicted molar refractivity (Wildman–Crippen MR) is 63.6 cm³/mol. The van der Waals surface area contributed by atoms with Gasteiger partial charge in [-0.15, -0.1) is 0 Å². The van der Waals surface area contributed by atoms with E-state index in [1.54, 1.807) is 25.3 Å². The minimum absolute atomic E-state index is 0.194. The monoisotopic (exact) mass is 236 g/mol. The number of rotatable bonds is 5. The Hall–Kier alpha value is -1.84. The Labute approximate surface area is 101 Å².